The number of nitrogens with zero attached hydrogens (tertiary/aromatic N) is 1. The molecule has 0 aliphatic heterocycles. The van der Waals surface area contributed by atoms with Crippen LogP contribution in [0.1, 0.15) is 12.0 Å². The molecular weight excluding hydrogens is 330 g/mol. The van der Waals surface area contributed by atoms with E-state index in [1.54, 1.807) is 42.5 Å². The smallest absolute Gasteiger partial charge is 0.249 e. The van der Waals surface area contributed by atoms with Gasteiger partial charge in [-0.3, -0.25) is 9.59 Å². The van der Waals surface area contributed by atoms with Gasteiger partial charge in [0.15, 0.2) is 0 Å². The van der Waals surface area contributed by atoms with Crippen LogP contribution in [0.3, 0.4) is 0 Å². The number of carbonyl (C=O) groups excluding carboxylic acids is 2. The van der Waals surface area contributed by atoms with Gasteiger partial charge < -0.3 is 10.1 Å². The molecule has 7 heteroatoms. The summed E-state index contributed by atoms with van der Waals surface area (Å²) in [5, 5.41) is 6.94. The van der Waals surface area contributed by atoms with Gasteiger partial charge in [-0.25, -0.2) is 5.43 Å². The van der Waals surface area contributed by atoms with Crippen LogP contribution < -0.4 is 15.5 Å². The number of hydrogen-bond donors (Lipinski definition) is 2. The Morgan fingerprint density at radius 1 is 1.17 bits per heavy atom. The molecule has 0 unspecified atom stereocenters. The summed E-state index contributed by atoms with van der Waals surface area (Å²) in [4.78, 5) is 23.5. The zero-order valence-electron chi connectivity index (χ0n) is 13.0. The predicted molar refractivity (Wildman–Crippen MR) is 93.4 cm³/mol. The lowest BCUT2D eigenvalue weighted by Gasteiger charge is -2.05. The van der Waals surface area contributed by atoms with Crippen molar-refractivity contribution in [2.24, 2.45) is 5.10 Å². The van der Waals surface area contributed by atoms with Crippen LogP contribution >= 0.6 is 11.6 Å². The first-order valence-corrected chi connectivity index (χ1v) is 7.46. The highest BCUT2D eigenvalue weighted by Gasteiger charge is 2.09. The van der Waals surface area contributed by atoms with Crippen LogP contribution in [0.25, 0.3) is 0 Å². The van der Waals surface area contributed by atoms with E-state index in [2.05, 4.69) is 15.8 Å². The number of amides is 2. The van der Waals surface area contributed by atoms with Crippen molar-refractivity contribution in [3.63, 3.8) is 0 Å². The quantitative estimate of drug-likeness (QED) is 0.480. The second kappa shape index (κ2) is 8.69. The number of nitrogens with one attached hydrogen (secondary N) is 2. The fourth-order valence-corrected chi connectivity index (χ4v) is 2.07. The lowest BCUT2D eigenvalue weighted by atomic mass is 10.2. The summed E-state index contributed by atoms with van der Waals surface area (Å²) >= 11 is 5.90. The predicted octanol–water partition coefficient (Wildman–Crippen LogP) is 2.83. The van der Waals surface area contributed by atoms with Gasteiger partial charge in [0.05, 0.1) is 13.3 Å². The molecule has 0 saturated carbocycles. The maximum absolute atomic E-state index is 11.7. The normalized spacial score (nSPS) is 10.4. The molecule has 0 heterocycles. The Labute approximate surface area is 144 Å². The summed E-state index contributed by atoms with van der Waals surface area (Å²) in [5.74, 6) is -0.380. The second-order valence-electron chi connectivity index (χ2n) is 4.77. The average molecular weight is 346 g/mol. The molecule has 2 aromatic carbocycles. The van der Waals surface area contributed by atoms with E-state index in [-0.39, 0.29) is 6.42 Å². The number of methoxy groups -OCH3 is 1. The fourth-order valence-electron chi connectivity index (χ4n) is 1.89. The topological polar surface area (TPSA) is 79.8 Å². The Hall–Kier alpha value is -2.86. The number of hydrazone groups is 1. The summed E-state index contributed by atoms with van der Waals surface area (Å²) in [6.45, 7) is 0. The molecule has 24 heavy (non-hydrogen) atoms. The summed E-state index contributed by atoms with van der Waals surface area (Å²) in [7, 11) is 1.52. The minimum absolute atomic E-state index is 0.334. The Kier molecular flexibility index (Phi) is 6.33. The summed E-state index contributed by atoms with van der Waals surface area (Å²) in [6, 6.07) is 13.9. The Bertz CT molecular complexity index is 748. The second-order valence-corrected chi connectivity index (χ2v) is 5.21. The SMILES string of the molecule is COc1ccc(Cl)cc1C=NNC(=O)CC(=O)Nc1ccccc1. The zero-order valence-corrected chi connectivity index (χ0v) is 13.7. The largest absolute Gasteiger partial charge is 0.496 e. The van der Waals surface area contributed by atoms with Crippen LogP contribution in [0.15, 0.2) is 53.6 Å². The minimum Gasteiger partial charge on any atom is -0.496 e. The molecule has 0 saturated heterocycles. The van der Waals surface area contributed by atoms with Crippen LogP contribution in [0, 0.1) is 0 Å². The van der Waals surface area contributed by atoms with E-state index in [1.807, 2.05) is 6.07 Å². The maximum Gasteiger partial charge on any atom is 0.249 e. The number of hydrogen-bond acceptors (Lipinski definition) is 4. The van der Waals surface area contributed by atoms with Crippen LogP contribution in [-0.4, -0.2) is 25.1 Å². The van der Waals surface area contributed by atoms with E-state index in [0.29, 0.717) is 22.0 Å². The molecule has 0 aliphatic carbocycles. The minimum atomic E-state index is -0.527. The third-order valence-corrected chi connectivity index (χ3v) is 3.20. The molecule has 6 nitrogen and oxygen atoms in total. The van der Waals surface area contributed by atoms with Crippen molar-refractivity contribution in [3.8, 4) is 5.75 Å². The molecule has 0 aliphatic rings. The molecule has 124 valence electrons. The van der Waals surface area contributed by atoms with Gasteiger partial charge in [-0.2, -0.15) is 5.10 Å². The standard InChI is InChI=1S/C17H16ClN3O3/c1-24-15-8-7-13(18)9-12(15)11-19-21-17(23)10-16(22)20-14-5-3-2-4-6-14/h2-9,11H,10H2,1H3,(H,20,22)(H,21,23). The molecule has 2 rings (SSSR count). The van der Waals surface area contributed by atoms with Crippen LogP contribution in [-0.2, 0) is 9.59 Å². The molecule has 0 aromatic heterocycles. The monoisotopic (exact) mass is 345 g/mol. The summed E-state index contributed by atoms with van der Waals surface area (Å²) in [5.41, 5.74) is 3.53. The lowest BCUT2D eigenvalue weighted by Crippen LogP contribution is -2.24. The average Bonchev–Trinajstić information content (AvgIpc) is 2.56. The highest BCUT2D eigenvalue weighted by atomic mass is 35.5. The van der Waals surface area contributed by atoms with Gasteiger partial charge in [-0.1, -0.05) is 29.8 Å². The van der Waals surface area contributed by atoms with Gasteiger partial charge >= 0.3 is 0 Å². The molecule has 0 bridgehead atoms. The van der Waals surface area contributed by atoms with Crippen LogP contribution in [0.2, 0.25) is 5.02 Å². The van der Waals surface area contributed by atoms with Crippen molar-refractivity contribution < 1.29 is 14.3 Å². The number of rotatable bonds is 6. The molecule has 0 radical (unpaired) electrons. The van der Waals surface area contributed by atoms with Gasteiger partial charge in [0.2, 0.25) is 11.8 Å². The fraction of sp³-hybridized carbons (Fsp3) is 0.118. The van der Waals surface area contributed by atoms with Gasteiger partial charge in [0, 0.05) is 16.3 Å². The van der Waals surface area contributed by atoms with Crippen molar-refractivity contribution in [2.45, 2.75) is 6.42 Å². The Balaban J connectivity index is 1.87. The molecule has 0 atom stereocenters. The van der Waals surface area contributed by atoms with Gasteiger partial charge in [0.1, 0.15) is 12.2 Å². The molecule has 2 aromatic rings. The van der Waals surface area contributed by atoms with E-state index >= 15 is 0 Å². The number of benzene rings is 2. The Morgan fingerprint density at radius 2 is 1.92 bits per heavy atom. The van der Waals surface area contributed by atoms with E-state index in [9.17, 15) is 9.59 Å². The third-order valence-electron chi connectivity index (χ3n) is 2.96. The lowest BCUT2D eigenvalue weighted by molar-refractivity contribution is -0.126. The first-order chi connectivity index (χ1) is 11.6. The van der Waals surface area contributed by atoms with E-state index in [4.69, 9.17) is 16.3 Å². The van der Waals surface area contributed by atoms with Gasteiger partial charge in [0.25, 0.3) is 0 Å². The number of ether oxygens (including phenoxy) is 1. The zero-order chi connectivity index (χ0) is 17.4. The molecule has 0 fully saturated rings. The van der Waals surface area contributed by atoms with E-state index < -0.39 is 11.8 Å². The van der Waals surface area contributed by atoms with Crippen molar-refractivity contribution in [1.82, 2.24) is 5.43 Å². The van der Waals surface area contributed by atoms with Crippen molar-refractivity contribution in [2.75, 3.05) is 12.4 Å². The molecular formula is C17H16ClN3O3. The highest BCUT2D eigenvalue weighted by Crippen LogP contribution is 2.20. The summed E-state index contributed by atoms with van der Waals surface area (Å²) < 4.78 is 5.16. The van der Waals surface area contributed by atoms with E-state index in [0.717, 1.165) is 0 Å². The number of para-hydroxylation sites is 1. The number of carbonyl (C=O) groups is 2. The van der Waals surface area contributed by atoms with Crippen LogP contribution in [0.4, 0.5) is 5.69 Å². The summed E-state index contributed by atoms with van der Waals surface area (Å²) in [6.07, 6.45) is 1.07. The van der Waals surface area contributed by atoms with Crippen molar-refractivity contribution in [1.29, 1.82) is 0 Å². The Morgan fingerprint density at radius 3 is 2.62 bits per heavy atom. The van der Waals surface area contributed by atoms with Gasteiger partial charge in [-0.05, 0) is 30.3 Å². The van der Waals surface area contributed by atoms with Gasteiger partial charge in [-0.15, -0.1) is 0 Å². The highest BCUT2D eigenvalue weighted by molar-refractivity contribution is 6.30. The number of halogens is 1. The van der Waals surface area contributed by atoms with E-state index in [1.165, 1.54) is 13.3 Å². The number of anilines is 1. The maximum atomic E-state index is 11.7. The van der Waals surface area contributed by atoms with Crippen molar-refractivity contribution in [3.05, 3.63) is 59.1 Å². The molecule has 2 N–H and O–H groups in total. The van der Waals surface area contributed by atoms with Crippen molar-refractivity contribution >= 4 is 35.3 Å². The first-order valence-electron chi connectivity index (χ1n) is 7.09. The molecule has 2 amide bonds. The third kappa shape index (κ3) is 5.40. The van der Waals surface area contributed by atoms with Crippen LogP contribution in [0.5, 0.6) is 5.75 Å². The first kappa shape index (κ1) is 17.5. The molecule has 0 spiro atoms.